The molecule has 0 aromatic heterocycles. The normalized spacial score (nSPS) is 11.2. The molecule has 0 atom stereocenters. The molecule has 0 aliphatic rings. The second-order valence-corrected chi connectivity index (χ2v) is 4.98. The van der Waals surface area contributed by atoms with Crippen LogP contribution in [0, 0.1) is 0 Å². The average Bonchev–Trinajstić information content (AvgIpc) is 2.52. The van der Waals surface area contributed by atoms with Crippen molar-refractivity contribution in [3.63, 3.8) is 0 Å². The van der Waals surface area contributed by atoms with E-state index in [1.54, 1.807) is 12.1 Å². The van der Waals surface area contributed by atoms with Gasteiger partial charge in [-0.1, -0.05) is 23.7 Å². The van der Waals surface area contributed by atoms with Crippen molar-refractivity contribution in [1.82, 2.24) is 5.48 Å². The van der Waals surface area contributed by atoms with E-state index in [0.717, 1.165) is 18.2 Å². The number of benzene rings is 2. The molecule has 0 spiro atoms. The summed E-state index contributed by atoms with van der Waals surface area (Å²) in [6.07, 6.45) is -4.48. The van der Waals surface area contributed by atoms with Gasteiger partial charge in [0.05, 0.1) is 10.6 Å². The first-order chi connectivity index (χ1) is 10.8. The zero-order chi connectivity index (χ0) is 17.0. The molecule has 0 unspecified atom stereocenters. The maximum absolute atomic E-state index is 12.5. The van der Waals surface area contributed by atoms with Crippen LogP contribution < -0.4 is 10.2 Å². The molecule has 0 saturated heterocycles. The quantitative estimate of drug-likeness (QED) is 0.649. The van der Waals surface area contributed by atoms with Crippen molar-refractivity contribution >= 4 is 17.5 Å². The summed E-state index contributed by atoms with van der Waals surface area (Å²) in [5.74, 6) is -0.587. The molecule has 8 heteroatoms. The van der Waals surface area contributed by atoms with E-state index in [1.807, 2.05) is 0 Å². The molecule has 4 nitrogen and oxygen atoms in total. The van der Waals surface area contributed by atoms with Crippen molar-refractivity contribution in [1.29, 1.82) is 0 Å². The molecule has 0 bridgehead atoms. The highest BCUT2D eigenvalue weighted by Crippen LogP contribution is 2.34. The van der Waals surface area contributed by atoms with E-state index < -0.39 is 17.6 Å². The SMILES string of the molecule is O=C(NO)c1cccc(COc2ccc(C(F)(F)F)cc2Cl)c1. The van der Waals surface area contributed by atoms with E-state index in [4.69, 9.17) is 21.5 Å². The van der Waals surface area contributed by atoms with Gasteiger partial charge in [0.1, 0.15) is 12.4 Å². The highest BCUT2D eigenvalue weighted by molar-refractivity contribution is 6.32. The fourth-order valence-corrected chi connectivity index (χ4v) is 2.06. The van der Waals surface area contributed by atoms with Gasteiger partial charge in [0.2, 0.25) is 0 Å². The number of alkyl halides is 3. The minimum atomic E-state index is -4.48. The first-order valence-electron chi connectivity index (χ1n) is 6.34. The summed E-state index contributed by atoms with van der Waals surface area (Å²) in [5, 5.41) is 8.41. The Bertz CT molecular complexity index is 719. The van der Waals surface area contributed by atoms with Gasteiger partial charge in [0.15, 0.2) is 0 Å². The third-order valence-electron chi connectivity index (χ3n) is 2.94. The molecule has 0 fully saturated rings. The lowest BCUT2D eigenvalue weighted by Gasteiger charge is -2.11. The Morgan fingerprint density at radius 3 is 2.57 bits per heavy atom. The minimum absolute atomic E-state index is 0.00235. The van der Waals surface area contributed by atoms with Crippen molar-refractivity contribution in [2.75, 3.05) is 0 Å². The Labute approximate surface area is 134 Å². The predicted octanol–water partition coefficient (Wildman–Crippen LogP) is 4.06. The minimum Gasteiger partial charge on any atom is -0.487 e. The Morgan fingerprint density at radius 1 is 1.22 bits per heavy atom. The van der Waals surface area contributed by atoms with Crippen LogP contribution in [0.2, 0.25) is 5.02 Å². The molecule has 0 radical (unpaired) electrons. The zero-order valence-electron chi connectivity index (χ0n) is 11.5. The number of carbonyl (C=O) groups excluding carboxylic acids is 1. The maximum atomic E-state index is 12.5. The summed E-state index contributed by atoms with van der Waals surface area (Å²) in [4.78, 5) is 11.3. The fraction of sp³-hybridized carbons (Fsp3) is 0.133. The van der Waals surface area contributed by atoms with Crippen LogP contribution in [-0.2, 0) is 12.8 Å². The van der Waals surface area contributed by atoms with E-state index in [2.05, 4.69) is 0 Å². The molecule has 2 aromatic rings. The van der Waals surface area contributed by atoms with Gasteiger partial charge in [0, 0.05) is 5.56 Å². The van der Waals surface area contributed by atoms with Gasteiger partial charge >= 0.3 is 6.18 Å². The lowest BCUT2D eigenvalue weighted by atomic mass is 10.1. The molecular formula is C15H11ClF3NO3. The van der Waals surface area contributed by atoms with Gasteiger partial charge < -0.3 is 4.74 Å². The number of halogens is 4. The molecule has 2 aromatic carbocycles. The number of hydrogen-bond donors (Lipinski definition) is 2. The smallest absolute Gasteiger partial charge is 0.416 e. The number of hydroxylamine groups is 1. The number of nitrogens with one attached hydrogen (secondary N) is 1. The van der Waals surface area contributed by atoms with E-state index in [1.165, 1.54) is 17.6 Å². The summed E-state index contributed by atoms with van der Waals surface area (Å²) in [5.41, 5.74) is 1.44. The average molecular weight is 346 g/mol. The van der Waals surface area contributed by atoms with Gasteiger partial charge in [-0.25, -0.2) is 5.48 Å². The van der Waals surface area contributed by atoms with E-state index >= 15 is 0 Å². The topological polar surface area (TPSA) is 58.6 Å². The molecule has 0 heterocycles. The molecule has 1 amide bonds. The van der Waals surface area contributed by atoms with E-state index in [9.17, 15) is 18.0 Å². The molecule has 0 saturated carbocycles. The first-order valence-corrected chi connectivity index (χ1v) is 6.72. The lowest BCUT2D eigenvalue weighted by molar-refractivity contribution is -0.137. The van der Waals surface area contributed by atoms with Crippen LogP contribution in [0.1, 0.15) is 21.5 Å². The Hall–Kier alpha value is -2.25. The Morgan fingerprint density at radius 2 is 1.96 bits per heavy atom. The first kappa shape index (κ1) is 17.1. The highest BCUT2D eigenvalue weighted by Gasteiger charge is 2.31. The van der Waals surface area contributed by atoms with E-state index in [0.29, 0.717) is 5.56 Å². The number of hydrogen-bond acceptors (Lipinski definition) is 3. The van der Waals surface area contributed by atoms with Crippen molar-refractivity contribution in [3.05, 3.63) is 64.2 Å². The number of ether oxygens (including phenoxy) is 1. The fourth-order valence-electron chi connectivity index (χ4n) is 1.82. The van der Waals surface area contributed by atoms with Crippen LogP contribution in [0.25, 0.3) is 0 Å². The second kappa shape index (κ2) is 6.89. The van der Waals surface area contributed by atoms with Crippen LogP contribution in [-0.4, -0.2) is 11.1 Å². The van der Waals surface area contributed by atoms with Crippen LogP contribution in [0.3, 0.4) is 0 Å². The maximum Gasteiger partial charge on any atom is 0.416 e. The van der Waals surface area contributed by atoms with Gasteiger partial charge in [-0.05, 0) is 35.9 Å². The molecule has 122 valence electrons. The molecular weight excluding hydrogens is 335 g/mol. The summed E-state index contributed by atoms with van der Waals surface area (Å²) in [6, 6.07) is 8.99. The molecule has 23 heavy (non-hydrogen) atoms. The van der Waals surface area contributed by atoms with Crippen molar-refractivity contribution in [2.45, 2.75) is 12.8 Å². The molecule has 0 aliphatic heterocycles. The van der Waals surface area contributed by atoms with Crippen LogP contribution in [0.15, 0.2) is 42.5 Å². The third kappa shape index (κ3) is 4.37. The van der Waals surface area contributed by atoms with Crippen LogP contribution >= 0.6 is 11.6 Å². The van der Waals surface area contributed by atoms with E-state index in [-0.39, 0.29) is 22.9 Å². The third-order valence-corrected chi connectivity index (χ3v) is 3.24. The molecule has 2 N–H and O–H groups in total. The zero-order valence-corrected chi connectivity index (χ0v) is 12.3. The lowest BCUT2D eigenvalue weighted by Crippen LogP contribution is -2.18. The summed E-state index contributed by atoms with van der Waals surface area (Å²) >= 11 is 5.78. The largest absolute Gasteiger partial charge is 0.487 e. The highest BCUT2D eigenvalue weighted by atomic mass is 35.5. The Kier molecular flexibility index (Phi) is 5.12. The van der Waals surface area contributed by atoms with Gasteiger partial charge in [-0.2, -0.15) is 13.2 Å². The Balaban J connectivity index is 2.11. The van der Waals surface area contributed by atoms with Crippen molar-refractivity contribution in [2.24, 2.45) is 0 Å². The second-order valence-electron chi connectivity index (χ2n) is 4.57. The van der Waals surface area contributed by atoms with Crippen LogP contribution in [0.4, 0.5) is 13.2 Å². The predicted molar refractivity (Wildman–Crippen MR) is 76.5 cm³/mol. The summed E-state index contributed by atoms with van der Waals surface area (Å²) in [6.45, 7) is -0.00235. The molecule has 2 rings (SSSR count). The van der Waals surface area contributed by atoms with Crippen LogP contribution in [0.5, 0.6) is 5.75 Å². The van der Waals surface area contributed by atoms with Crippen molar-refractivity contribution in [3.8, 4) is 5.75 Å². The summed E-state index contributed by atoms with van der Waals surface area (Å²) in [7, 11) is 0. The number of amides is 1. The van der Waals surface area contributed by atoms with Gasteiger partial charge in [0.25, 0.3) is 5.91 Å². The van der Waals surface area contributed by atoms with Crippen molar-refractivity contribution < 1.29 is 27.9 Å². The summed E-state index contributed by atoms with van der Waals surface area (Å²) < 4.78 is 43.0. The van der Waals surface area contributed by atoms with Gasteiger partial charge in [-0.3, -0.25) is 10.0 Å². The number of carbonyl (C=O) groups is 1. The number of rotatable bonds is 4. The monoisotopic (exact) mass is 345 g/mol. The van der Waals surface area contributed by atoms with Gasteiger partial charge in [-0.15, -0.1) is 0 Å². The molecule has 0 aliphatic carbocycles. The standard InChI is InChI=1S/C15H11ClF3NO3/c16-12-7-11(15(17,18)19)4-5-13(12)23-8-9-2-1-3-10(6-9)14(21)20-22/h1-7,22H,8H2,(H,20,21).